The first-order valence-electron chi connectivity index (χ1n) is 9.52. The second kappa shape index (κ2) is 8.36. The highest BCUT2D eigenvalue weighted by Crippen LogP contribution is 2.23. The van der Waals surface area contributed by atoms with E-state index in [0.29, 0.717) is 18.8 Å². The highest BCUT2D eigenvalue weighted by molar-refractivity contribution is 7.89. The third-order valence-electron chi connectivity index (χ3n) is 4.65. The van der Waals surface area contributed by atoms with E-state index in [2.05, 4.69) is 5.32 Å². The summed E-state index contributed by atoms with van der Waals surface area (Å²) in [6.07, 6.45) is 4.36. The average molecular weight is 406 g/mol. The van der Waals surface area contributed by atoms with Gasteiger partial charge in [0.1, 0.15) is 16.3 Å². The molecule has 0 bridgehead atoms. The van der Waals surface area contributed by atoms with Gasteiger partial charge in [-0.1, -0.05) is 6.42 Å². The normalized spacial score (nSPS) is 15.6. The molecule has 1 aromatic heterocycles. The predicted molar refractivity (Wildman–Crippen MR) is 108 cm³/mol. The van der Waals surface area contributed by atoms with Crippen molar-refractivity contribution in [1.29, 1.82) is 0 Å². The number of aryl methyl sites for hydroxylation is 1. The smallest absolute Gasteiger partial charge is 0.272 e. The standard InChI is InChI=1S/C20H27N3O4S/c1-15(2)27-17-9-7-16(8-10-17)21-20(24)19-13-18(14-22(19)3)28(25,26)23-11-5-4-6-12-23/h7-10,13-15H,4-6,11-12H2,1-3H3,(H,21,24). The van der Waals surface area contributed by atoms with Gasteiger partial charge in [-0.15, -0.1) is 0 Å². The molecule has 0 radical (unpaired) electrons. The number of nitrogens with zero attached hydrogens (tertiary/aromatic N) is 2. The molecule has 1 amide bonds. The number of ether oxygens (including phenoxy) is 1. The number of amides is 1. The minimum absolute atomic E-state index is 0.0732. The van der Waals surface area contributed by atoms with Crippen LogP contribution in [0.4, 0.5) is 5.69 Å². The van der Waals surface area contributed by atoms with Crippen LogP contribution >= 0.6 is 0 Å². The third kappa shape index (κ3) is 4.56. The first-order chi connectivity index (χ1) is 13.3. The van der Waals surface area contributed by atoms with Gasteiger partial charge in [0, 0.05) is 32.0 Å². The van der Waals surface area contributed by atoms with Gasteiger partial charge in [-0.05, 0) is 57.0 Å². The minimum atomic E-state index is -3.57. The van der Waals surface area contributed by atoms with Crippen LogP contribution in [0, 0.1) is 0 Å². The van der Waals surface area contributed by atoms with Gasteiger partial charge in [0.25, 0.3) is 5.91 Å². The molecule has 3 rings (SSSR count). The van der Waals surface area contributed by atoms with E-state index in [9.17, 15) is 13.2 Å². The number of piperidine rings is 1. The monoisotopic (exact) mass is 405 g/mol. The number of nitrogens with one attached hydrogen (secondary N) is 1. The minimum Gasteiger partial charge on any atom is -0.491 e. The fraction of sp³-hybridized carbons (Fsp3) is 0.450. The quantitative estimate of drug-likeness (QED) is 0.800. The lowest BCUT2D eigenvalue weighted by atomic mass is 10.2. The number of carbonyl (C=O) groups is 1. The fourth-order valence-electron chi connectivity index (χ4n) is 3.24. The SMILES string of the molecule is CC(C)Oc1ccc(NC(=O)c2cc(S(=O)(=O)N3CCCCC3)cn2C)cc1. The Morgan fingerprint density at radius 2 is 1.75 bits per heavy atom. The lowest BCUT2D eigenvalue weighted by molar-refractivity contribution is 0.101. The Kier molecular flexibility index (Phi) is 6.10. The molecule has 0 saturated carbocycles. The lowest BCUT2D eigenvalue weighted by Crippen LogP contribution is -2.35. The zero-order valence-electron chi connectivity index (χ0n) is 16.5. The summed E-state index contributed by atoms with van der Waals surface area (Å²) in [5.41, 5.74) is 0.904. The number of sulfonamides is 1. The average Bonchev–Trinajstić information content (AvgIpc) is 3.06. The Balaban J connectivity index is 1.74. The summed E-state index contributed by atoms with van der Waals surface area (Å²) >= 11 is 0. The van der Waals surface area contributed by atoms with Gasteiger partial charge in [0.2, 0.25) is 10.0 Å². The molecule has 0 aliphatic carbocycles. The fourth-order valence-corrected chi connectivity index (χ4v) is 4.83. The van der Waals surface area contributed by atoms with Gasteiger partial charge in [-0.2, -0.15) is 4.31 Å². The van der Waals surface area contributed by atoms with Crippen molar-refractivity contribution in [2.75, 3.05) is 18.4 Å². The molecular formula is C20H27N3O4S. The summed E-state index contributed by atoms with van der Waals surface area (Å²) in [5, 5.41) is 2.80. The molecule has 1 aliphatic rings. The molecule has 0 spiro atoms. The molecule has 152 valence electrons. The van der Waals surface area contributed by atoms with E-state index in [-0.39, 0.29) is 22.6 Å². The molecule has 1 fully saturated rings. The molecule has 1 N–H and O–H groups in total. The van der Waals surface area contributed by atoms with E-state index in [0.717, 1.165) is 25.0 Å². The van der Waals surface area contributed by atoms with Crippen molar-refractivity contribution in [2.45, 2.75) is 44.1 Å². The van der Waals surface area contributed by atoms with Crippen LogP contribution in [0.5, 0.6) is 5.75 Å². The van der Waals surface area contributed by atoms with Crippen LogP contribution in [0.1, 0.15) is 43.6 Å². The van der Waals surface area contributed by atoms with E-state index in [1.807, 2.05) is 13.8 Å². The van der Waals surface area contributed by atoms with Gasteiger partial charge in [-0.3, -0.25) is 4.79 Å². The highest BCUT2D eigenvalue weighted by atomic mass is 32.2. The maximum absolute atomic E-state index is 12.8. The van der Waals surface area contributed by atoms with Crippen LogP contribution in [0.2, 0.25) is 0 Å². The lowest BCUT2D eigenvalue weighted by Gasteiger charge is -2.25. The molecular weight excluding hydrogens is 378 g/mol. The van der Waals surface area contributed by atoms with Crippen LogP contribution in [-0.2, 0) is 17.1 Å². The second-order valence-electron chi connectivity index (χ2n) is 7.28. The van der Waals surface area contributed by atoms with Gasteiger partial charge >= 0.3 is 0 Å². The topological polar surface area (TPSA) is 80.6 Å². The van der Waals surface area contributed by atoms with Crippen molar-refractivity contribution in [3.8, 4) is 5.75 Å². The summed E-state index contributed by atoms with van der Waals surface area (Å²) in [6, 6.07) is 8.52. The summed E-state index contributed by atoms with van der Waals surface area (Å²) in [6.45, 7) is 4.95. The van der Waals surface area contributed by atoms with Crippen molar-refractivity contribution in [3.63, 3.8) is 0 Å². The summed E-state index contributed by atoms with van der Waals surface area (Å²) in [7, 11) is -1.90. The number of hydrogen-bond donors (Lipinski definition) is 1. The van der Waals surface area contributed by atoms with Gasteiger partial charge in [0.15, 0.2) is 0 Å². The van der Waals surface area contributed by atoms with Crippen LogP contribution in [0.15, 0.2) is 41.4 Å². The summed E-state index contributed by atoms with van der Waals surface area (Å²) < 4.78 is 34.3. The van der Waals surface area contributed by atoms with E-state index in [4.69, 9.17) is 4.74 Å². The van der Waals surface area contributed by atoms with Crippen molar-refractivity contribution in [2.24, 2.45) is 7.05 Å². The van der Waals surface area contributed by atoms with E-state index in [1.54, 1.807) is 35.9 Å². The first kappa shape index (κ1) is 20.4. The number of anilines is 1. The van der Waals surface area contributed by atoms with Crippen molar-refractivity contribution in [3.05, 3.63) is 42.2 Å². The number of hydrogen-bond acceptors (Lipinski definition) is 4. The van der Waals surface area contributed by atoms with Crippen LogP contribution < -0.4 is 10.1 Å². The summed E-state index contributed by atoms with van der Waals surface area (Å²) in [4.78, 5) is 12.8. The van der Waals surface area contributed by atoms with Crippen LogP contribution in [-0.4, -0.2) is 42.4 Å². The third-order valence-corrected chi connectivity index (χ3v) is 6.51. The zero-order chi connectivity index (χ0) is 20.3. The molecule has 2 heterocycles. The van der Waals surface area contributed by atoms with E-state index < -0.39 is 10.0 Å². The molecule has 2 aromatic rings. The van der Waals surface area contributed by atoms with Crippen LogP contribution in [0.3, 0.4) is 0 Å². The van der Waals surface area contributed by atoms with Gasteiger partial charge < -0.3 is 14.6 Å². The largest absolute Gasteiger partial charge is 0.491 e. The zero-order valence-corrected chi connectivity index (χ0v) is 17.3. The van der Waals surface area contributed by atoms with Gasteiger partial charge in [0.05, 0.1) is 6.10 Å². The second-order valence-corrected chi connectivity index (χ2v) is 9.22. The van der Waals surface area contributed by atoms with Gasteiger partial charge in [-0.25, -0.2) is 8.42 Å². The Labute approximate surface area is 166 Å². The maximum atomic E-state index is 12.8. The number of aromatic nitrogens is 1. The van der Waals surface area contributed by atoms with E-state index >= 15 is 0 Å². The Hall–Kier alpha value is -2.32. The maximum Gasteiger partial charge on any atom is 0.272 e. The predicted octanol–water partition coefficient (Wildman–Crippen LogP) is 3.24. The highest BCUT2D eigenvalue weighted by Gasteiger charge is 2.28. The van der Waals surface area contributed by atoms with E-state index in [1.165, 1.54) is 16.6 Å². The Morgan fingerprint density at radius 3 is 2.36 bits per heavy atom. The number of rotatable bonds is 6. The number of benzene rings is 1. The van der Waals surface area contributed by atoms with Crippen LogP contribution in [0.25, 0.3) is 0 Å². The van der Waals surface area contributed by atoms with Crippen molar-refractivity contribution >= 4 is 21.6 Å². The molecule has 28 heavy (non-hydrogen) atoms. The number of carbonyl (C=O) groups excluding carboxylic acids is 1. The molecule has 0 atom stereocenters. The Morgan fingerprint density at radius 1 is 1.11 bits per heavy atom. The van der Waals surface area contributed by atoms with Crippen molar-refractivity contribution < 1.29 is 17.9 Å². The molecule has 1 aliphatic heterocycles. The van der Waals surface area contributed by atoms with Crippen molar-refractivity contribution in [1.82, 2.24) is 8.87 Å². The molecule has 1 aromatic carbocycles. The first-order valence-corrected chi connectivity index (χ1v) is 11.0. The summed E-state index contributed by atoms with van der Waals surface area (Å²) in [5.74, 6) is 0.363. The molecule has 7 nitrogen and oxygen atoms in total. The molecule has 1 saturated heterocycles. The molecule has 0 unspecified atom stereocenters. The Bertz CT molecular complexity index is 927. The molecule has 8 heteroatoms.